The van der Waals surface area contributed by atoms with Gasteiger partial charge in [0.1, 0.15) is 23.3 Å². The lowest BCUT2D eigenvalue weighted by atomic mass is 10.2. The Morgan fingerprint density at radius 2 is 1.22 bits per heavy atom. The number of benzene rings is 2. The molecular weight excluding hydrogens is 463 g/mol. The molecule has 0 amide bonds. The van der Waals surface area contributed by atoms with E-state index in [1.807, 2.05) is 0 Å². The monoisotopic (exact) mass is 484 g/mol. The van der Waals surface area contributed by atoms with Crippen LogP contribution in [0.2, 0.25) is 0 Å². The molecule has 0 N–H and O–H groups in total. The number of carbonyl (C=O) groups is 5. The standard InChI is InChI=1S/C11H11ClO4.C9H7ClO3.C2H4O/c1-7(12)15-11(14)9-5-3-4-6-10(9)16-8(2)13;1-6(11)13-8-5-3-2-4-7(8)9(10)12;1-2-3/h3-7H,1-2H3;2-5H,1H3;2H,1H3. The van der Waals surface area contributed by atoms with Crippen LogP contribution in [-0.4, -0.2) is 35.0 Å². The van der Waals surface area contributed by atoms with Crippen LogP contribution >= 0.6 is 23.2 Å². The van der Waals surface area contributed by atoms with Crippen molar-refractivity contribution in [2.75, 3.05) is 0 Å². The van der Waals surface area contributed by atoms with E-state index in [0.29, 0.717) is 0 Å². The molecule has 2 rings (SSSR count). The van der Waals surface area contributed by atoms with Gasteiger partial charge >= 0.3 is 17.9 Å². The second-order valence-electron chi connectivity index (χ2n) is 5.64. The summed E-state index contributed by atoms with van der Waals surface area (Å²) in [5, 5.41) is -0.642. The number of para-hydroxylation sites is 2. The van der Waals surface area contributed by atoms with E-state index in [1.165, 1.54) is 52.0 Å². The van der Waals surface area contributed by atoms with Crippen LogP contribution in [0.3, 0.4) is 0 Å². The van der Waals surface area contributed by atoms with Crippen LogP contribution in [0.25, 0.3) is 0 Å². The van der Waals surface area contributed by atoms with Crippen molar-refractivity contribution in [2.24, 2.45) is 0 Å². The van der Waals surface area contributed by atoms with Crippen molar-refractivity contribution in [1.29, 1.82) is 0 Å². The van der Waals surface area contributed by atoms with Gasteiger partial charge in [-0.25, -0.2) is 4.79 Å². The third-order valence-electron chi connectivity index (χ3n) is 2.98. The molecular formula is C22H22Cl2O8. The molecule has 0 heterocycles. The van der Waals surface area contributed by atoms with Crippen molar-refractivity contribution >= 4 is 52.6 Å². The maximum absolute atomic E-state index is 11.6. The van der Waals surface area contributed by atoms with Gasteiger partial charge in [0.2, 0.25) is 0 Å². The summed E-state index contributed by atoms with van der Waals surface area (Å²) < 4.78 is 14.4. The lowest BCUT2D eigenvalue weighted by Crippen LogP contribution is -2.12. The number of esters is 3. The topological polar surface area (TPSA) is 113 Å². The highest BCUT2D eigenvalue weighted by molar-refractivity contribution is 6.68. The third kappa shape index (κ3) is 11.8. The summed E-state index contributed by atoms with van der Waals surface area (Å²) in [6.45, 7) is 5.48. The number of hydrogen-bond donors (Lipinski definition) is 0. The molecule has 2 aromatic rings. The lowest BCUT2D eigenvalue weighted by molar-refractivity contribution is -0.132. The average Bonchev–Trinajstić information content (AvgIpc) is 2.68. The van der Waals surface area contributed by atoms with Gasteiger partial charge < -0.3 is 19.0 Å². The van der Waals surface area contributed by atoms with E-state index >= 15 is 0 Å². The average molecular weight is 485 g/mol. The molecule has 0 aromatic heterocycles. The SMILES string of the molecule is CC(=O)Oc1ccccc1C(=O)Cl.CC(=O)Oc1ccccc1C(=O)OC(C)Cl.CC=O. The molecule has 0 saturated carbocycles. The van der Waals surface area contributed by atoms with Crippen LogP contribution in [0.4, 0.5) is 0 Å². The summed E-state index contributed by atoms with van der Waals surface area (Å²) in [4.78, 5) is 52.6. The predicted octanol–water partition coefficient (Wildman–Crippen LogP) is 4.55. The van der Waals surface area contributed by atoms with Crippen molar-refractivity contribution in [3.05, 3.63) is 59.7 Å². The highest BCUT2D eigenvalue weighted by Crippen LogP contribution is 2.20. The second-order valence-corrected chi connectivity index (χ2v) is 6.60. The second kappa shape index (κ2) is 15.6. The number of alkyl halides is 1. The van der Waals surface area contributed by atoms with Crippen LogP contribution in [0.15, 0.2) is 48.5 Å². The van der Waals surface area contributed by atoms with Gasteiger partial charge in [-0.05, 0) is 49.7 Å². The molecule has 1 unspecified atom stereocenters. The fourth-order valence-corrected chi connectivity index (χ4v) is 2.20. The summed E-state index contributed by atoms with van der Waals surface area (Å²) in [5.41, 5.74) is -0.373. The molecule has 2 aromatic carbocycles. The maximum atomic E-state index is 11.6. The van der Waals surface area contributed by atoms with Gasteiger partial charge in [-0.2, -0.15) is 0 Å². The van der Waals surface area contributed by atoms with Gasteiger partial charge in [0.15, 0.2) is 5.56 Å². The molecule has 10 heteroatoms. The summed E-state index contributed by atoms with van der Waals surface area (Å²) in [5.74, 6) is -1.25. The van der Waals surface area contributed by atoms with Crippen molar-refractivity contribution in [2.45, 2.75) is 33.3 Å². The van der Waals surface area contributed by atoms with E-state index in [0.717, 1.165) is 6.29 Å². The van der Waals surface area contributed by atoms with Gasteiger partial charge in [0, 0.05) is 13.8 Å². The summed E-state index contributed by atoms with van der Waals surface area (Å²) in [6, 6.07) is 12.6. The number of rotatable bonds is 5. The minimum atomic E-state index is -0.738. The molecule has 32 heavy (non-hydrogen) atoms. The van der Waals surface area contributed by atoms with Crippen LogP contribution in [-0.2, 0) is 19.1 Å². The number of aldehydes is 1. The summed E-state index contributed by atoms with van der Waals surface area (Å²) >= 11 is 10.8. The number of hydrogen-bond acceptors (Lipinski definition) is 8. The van der Waals surface area contributed by atoms with E-state index in [-0.39, 0.29) is 22.6 Å². The Morgan fingerprint density at radius 1 is 0.844 bits per heavy atom. The highest BCUT2D eigenvalue weighted by atomic mass is 35.5. The first-order valence-corrected chi connectivity index (χ1v) is 9.84. The number of halogens is 2. The molecule has 0 spiro atoms. The first kappa shape index (κ1) is 28.8. The molecule has 8 nitrogen and oxygen atoms in total. The molecule has 0 saturated heterocycles. The number of carbonyl (C=O) groups excluding carboxylic acids is 5. The van der Waals surface area contributed by atoms with Crippen LogP contribution < -0.4 is 9.47 Å². The zero-order chi connectivity index (χ0) is 24.7. The van der Waals surface area contributed by atoms with Crippen molar-refractivity contribution in [1.82, 2.24) is 0 Å². The van der Waals surface area contributed by atoms with E-state index in [9.17, 15) is 19.2 Å². The quantitative estimate of drug-likeness (QED) is 0.199. The number of ether oxygens (including phenoxy) is 3. The largest absolute Gasteiger partial charge is 0.443 e. The Hall–Kier alpha value is -3.23. The maximum Gasteiger partial charge on any atom is 0.343 e. The molecule has 0 aliphatic carbocycles. The predicted molar refractivity (Wildman–Crippen MR) is 118 cm³/mol. The fraction of sp³-hybridized carbons (Fsp3) is 0.227. The molecule has 0 fully saturated rings. The Morgan fingerprint density at radius 3 is 1.59 bits per heavy atom. The van der Waals surface area contributed by atoms with Crippen molar-refractivity contribution < 1.29 is 38.2 Å². The molecule has 1 atom stereocenters. The Labute approximate surface area is 195 Å². The van der Waals surface area contributed by atoms with Crippen molar-refractivity contribution in [3.63, 3.8) is 0 Å². The Balaban J connectivity index is 0.000000543. The summed E-state index contributed by atoms with van der Waals surface area (Å²) in [6.07, 6.45) is 0.750. The normalized spacial score (nSPS) is 10.1. The molecule has 0 aliphatic heterocycles. The fourth-order valence-electron chi connectivity index (χ4n) is 1.96. The van der Waals surface area contributed by atoms with Crippen LogP contribution in [0.5, 0.6) is 11.5 Å². The zero-order valence-corrected chi connectivity index (χ0v) is 19.3. The summed E-state index contributed by atoms with van der Waals surface area (Å²) in [7, 11) is 0. The smallest absolute Gasteiger partial charge is 0.343 e. The zero-order valence-electron chi connectivity index (χ0n) is 17.8. The van der Waals surface area contributed by atoms with E-state index < -0.39 is 28.7 Å². The Bertz CT molecular complexity index is 941. The van der Waals surface area contributed by atoms with E-state index in [4.69, 9.17) is 42.2 Å². The first-order valence-electron chi connectivity index (χ1n) is 9.03. The Kier molecular flexibility index (Phi) is 14.0. The van der Waals surface area contributed by atoms with E-state index in [1.54, 1.807) is 24.3 Å². The minimum Gasteiger partial charge on any atom is -0.443 e. The first-order chi connectivity index (χ1) is 15.0. The molecule has 0 aliphatic rings. The van der Waals surface area contributed by atoms with Gasteiger partial charge in [-0.1, -0.05) is 35.9 Å². The van der Waals surface area contributed by atoms with Crippen LogP contribution in [0, 0.1) is 0 Å². The van der Waals surface area contributed by atoms with Gasteiger partial charge in [-0.3, -0.25) is 14.4 Å². The van der Waals surface area contributed by atoms with Gasteiger partial charge in [0.25, 0.3) is 5.24 Å². The van der Waals surface area contributed by atoms with E-state index in [2.05, 4.69) is 0 Å². The molecule has 0 radical (unpaired) electrons. The highest BCUT2D eigenvalue weighted by Gasteiger charge is 2.16. The van der Waals surface area contributed by atoms with Crippen LogP contribution in [0.1, 0.15) is 48.4 Å². The minimum absolute atomic E-state index is 0.164. The molecule has 172 valence electrons. The van der Waals surface area contributed by atoms with Gasteiger partial charge in [-0.15, -0.1) is 0 Å². The van der Waals surface area contributed by atoms with Gasteiger partial charge in [0.05, 0.1) is 5.56 Å². The lowest BCUT2D eigenvalue weighted by Gasteiger charge is -2.09. The van der Waals surface area contributed by atoms with Crippen molar-refractivity contribution in [3.8, 4) is 11.5 Å². The third-order valence-corrected chi connectivity index (χ3v) is 3.28. The molecule has 0 bridgehead atoms.